The average molecular weight is 1780 g/mol. The molecule has 4 aliphatic rings. The van der Waals surface area contributed by atoms with Gasteiger partial charge in [-0.2, -0.15) is 0 Å². The molecule has 8 heterocycles. The summed E-state index contributed by atoms with van der Waals surface area (Å²) < 4.78 is 144. The van der Waals surface area contributed by atoms with Gasteiger partial charge in [-0.15, -0.1) is 20.4 Å². The highest BCUT2D eigenvalue weighted by Gasteiger charge is 2.58. The van der Waals surface area contributed by atoms with Gasteiger partial charge in [0.05, 0.1) is 83.1 Å². The highest BCUT2D eigenvalue weighted by Crippen LogP contribution is 2.40. The first-order chi connectivity index (χ1) is 59.1. The quantitative estimate of drug-likeness (QED) is 0.0351. The molecule has 4 saturated heterocycles. The van der Waals surface area contributed by atoms with Crippen molar-refractivity contribution in [2.45, 2.75) is 260 Å². The highest BCUT2D eigenvalue weighted by molar-refractivity contribution is 5.72. The summed E-state index contributed by atoms with van der Waals surface area (Å²) in [6.45, 7) is 10.2. The first-order valence-corrected chi connectivity index (χ1v) is 38.2. The molecule has 52 heteroatoms. The molecule has 8 rings (SSSR count). The summed E-state index contributed by atoms with van der Waals surface area (Å²) in [4.78, 5) is 202. The fourth-order valence-electron chi connectivity index (χ4n) is 13.4. The number of carbonyl (C=O) groups is 16. The first-order valence-electron chi connectivity index (χ1n) is 38.2. The number of ether oxygens (including phenoxy) is 24. The Kier molecular flexibility index (Phi) is 35.7. The van der Waals surface area contributed by atoms with E-state index in [2.05, 4.69) is 41.2 Å². The van der Waals surface area contributed by atoms with Crippen molar-refractivity contribution in [1.29, 1.82) is 0 Å². The highest BCUT2D eigenvalue weighted by atomic mass is 16.7. The van der Waals surface area contributed by atoms with Crippen molar-refractivity contribution >= 4 is 95.5 Å². The molecule has 125 heavy (non-hydrogen) atoms. The van der Waals surface area contributed by atoms with Crippen LogP contribution in [0.5, 0.6) is 0 Å². The van der Waals surface area contributed by atoms with E-state index >= 15 is 0 Å². The van der Waals surface area contributed by atoms with E-state index in [1.807, 2.05) is 0 Å². The van der Waals surface area contributed by atoms with Crippen molar-refractivity contribution in [3.63, 3.8) is 0 Å². The van der Waals surface area contributed by atoms with Gasteiger partial charge in [0.2, 0.25) is 0 Å². The van der Waals surface area contributed by atoms with E-state index in [4.69, 9.17) is 114 Å². The molecule has 688 valence electrons. The lowest BCUT2D eigenvalue weighted by Crippen LogP contribution is -2.60. The predicted octanol–water partition coefficient (Wildman–Crippen LogP) is -1.77. The van der Waals surface area contributed by atoms with Crippen molar-refractivity contribution in [2.24, 2.45) is 5.41 Å². The average Bonchev–Trinajstić information content (AvgIpc) is 1.77. The van der Waals surface area contributed by atoms with Crippen LogP contribution in [0, 0.1) is 5.41 Å². The SMILES string of the molecule is CC(=O)OC[C@H]1O[C@H](n2cc(COCC(COCc3cn([C@H]4O[C@H](COC(C)=O)[C@@H](OC(C)=O)[C@H](OC(C)=O)[C@@H]4OC(C)=O)nn3)(COCc3cn([C@H]4O[C@H](COC(C)=O)[C@@H](OC(C)=O)[C@H](OC(C)=O)[C@@H]4OC(C)=O)nn3)COCc3cn([C@H]4O[C@H](COC(C)=O)[C@@H](OC(C)=O)[C@H](OC(C)=O)[C@@H]4OC(C)=O)nn3)nn2)[C@@H](OC(C)=O)[C@@H](OC(C)=O)[C@@H]1OC(C)=O. The minimum absolute atomic E-state index is 0.00837. The lowest BCUT2D eigenvalue weighted by Gasteiger charge is -2.44. The topological polar surface area (TPSA) is 617 Å². The number of hydrogen-bond acceptors (Lipinski definition) is 48. The third-order valence-corrected chi connectivity index (χ3v) is 17.8. The van der Waals surface area contributed by atoms with Crippen LogP contribution in [0.25, 0.3) is 0 Å². The molecule has 0 spiro atoms. The van der Waals surface area contributed by atoms with Crippen LogP contribution in [0.4, 0.5) is 0 Å². The first kappa shape index (κ1) is 98.2. The summed E-state index contributed by atoms with van der Waals surface area (Å²) in [5.41, 5.74) is -1.72. The standard InChI is InChI=1S/C73H96N12O40/c1-33(86)106-25-53-57(110-37(5)90)61(114-41(9)94)65(118-45(13)98)69(122-53)82-17-49(74-78-82)21-102-29-73(30-103-22-50-18-83(79-75-50)70-66(119-46(14)99)62(115-42(10)95)58(111-38(6)91)54(123-70)26-107-34(2)87,31-104-23-51-19-84(80-76-51)71-67(120-47(15)100)63(116-43(11)96)59(112-39(7)92)55(124-71)27-108-35(3)88)32-105-24-52-20-85(81-77-52)72-68(121-48(16)101)64(117-44(12)97)60(113-40(8)93)56(125-72)28-109-36(4)89/h17-20,53-72H,21-32H2,1-16H3/t53-,54-,55-,56-,57-,58-,59-,60-,61+,62+,63+,64+,65+,66+,67+,68+,69+,70+,71+,72+/m1/s1. The Balaban J connectivity index is 1.21. The third kappa shape index (κ3) is 28.9. The summed E-state index contributed by atoms with van der Waals surface area (Å²) >= 11 is 0. The third-order valence-electron chi connectivity index (χ3n) is 17.8. The van der Waals surface area contributed by atoms with Crippen LogP contribution < -0.4 is 0 Å². The van der Waals surface area contributed by atoms with Crippen LogP contribution in [0.3, 0.4) is 0 Å². The lowest BCUT2D eigenvalue weighted by molar-refractivity contribution is -0.270. The molecule has 0 saturated carbocycles. The molecule has 4 aromatic rings. The van der Waals surface area contributed by atoms with Crippen LogP contribution in [0.2, 0.25) is 0 Å². The van der Waals surface area contributed by atoms with Crippen molar-refractivity contribution in [3.05, 3.63) is 47.6 Å². The van der Waals surface area contributed by atoms with E-state index in [1.165, 1.54) is 24.8 Å². The molecular weight excluding hydrogens is 1680 g/mol. The van der Waals surface area contributed by atoms with Gasteiger partial charge in [0.25, 0.3) is 0 Å². The summed E-state index contributed by atoms with van der Waals surface area (Å²) in [6, 6.07) is 0. The van der Waals surface area contributed by atoms with Crippen LogP contribution in [0.1, 0.15) is 158 Å². The molecule has 0 amide bonds. The second-order valence-corrected chi connectivity index (χ2v) is 28.6. The smallest absolute Gasteiger partial charge is 0.303 e. The summed E-state index contributed by atoms with van der Waals surface area (Å²) in [7, 11) is 0. The Morgan fingerprint density at radius 1 is 0.248 bits per heavy atom. The van der Waals surface area contributed by atoms with Crippen LogP contribution >= 0.6 is 0 Å². The fourth-order valence-corrected chi connectivity index (χ4v) is 13.4. The maximum absolute atomic E-state index is 12.9. The van der Waals surface area contributed by atoms with Gasteiger partial charge in [-0.25, -0.2) is 18.7 Å². The molecule has 52 nitrogen and oxygen atoms in total. The summed E-state index contributed by atoms with van der Waals surface area (Å²) in [5, 5.41) is 33.9. The maximum atomic E-state index is 12.9. The van der Waals surface area contributed by atoms with Gasteiger partial charge in [0, 0.05) is 111 Å². The summed E-state index contributed by atoms with van der Waals surface area (Å²) in [5.74, 6) is -14.2. The van der Waals surface area contributed by atoms with Crippen molar-refractivity contribution in [3.8, 4) is 0 Å². The second kappa shape index (κ2) is 45.4. The van der Waals surface area contributed by atoms with Gasteiger partial charge in [-0.3, -0.25) is 76.7 Å². The molecule has 0 bridgehead atoms. The van der Waals surface area contributed by atoms with Crippen molar-refractivity contribution < 1.29 is 190 Å². The Bertz CT molecular complexity index is 3940. The van der Waals surface area contributed by atoms with Gasteiger partial charge in [0.15, 0.2) is 98.2 Å². The Hall–Kier alpha value is -12.2. The monoisotopic (exact) mass is 1780 g/mol. The molecule has 4 aromatic heterocycles. The molecule has 0 aromatic carbocycles. The zero-order valence-electron chi connectivity index (χ0n) is 70.5. The zero-order chi connectivity index (χ0) is 91.8. The van der Waals surface area contributed by atoms with Gasteiger partial charge in [-0.05, 0) is 0 Å². The molecule has 0 aliphatic carbocycles. The van der Waals surface area contributed by atoms with E-state index in [-0.39, 0.29) is 22.8 Å². The molecule has 20 atom stereocenters. The number of hydrogen-bond donors (Lipinski definition) is 0. The Morgan fingerprint density at radius 3 is 0.568 bits per heavy atom. The second-order valence-electron chi connectivity index (χ2n) is 28.6. The van der Waals surface area contributed by atoms with Crippen molar-refractivity contribution in [2.75, 3.05) is 52.9 Å². The van der Waals surface area contributed by atoms with E-state index in [1.54, 1.807) is 0 Å². The minimum Gasteiger partial charge on any atom is -0.463 e. The number of aromatic nitrogens is 12. The molecule has 0 N–H and O–H groups in total. The van der Waals surface area contributed by atoms with E-state index in [0.29, 0.717) is 0 Å². The summed E-state index contributed by atoms with van der Waals surface area (Å²) in [6.07, 6.45) is -26.3. The zero-order valence-corrected chi connectivity index (χ0v) is 70.5. The van der Waals surface area contributed by atoms with E-state index in [9.17, 15) is 76.7 Å². The predicted molar refractivity (Wildman–Crippen MR) is 390 cm³/mol. The fraction of sp³-hybridized carbons (Fsp3) is 0.671. The van der Waals surface area contributed by atoms with Crippen LogP contribution in [-0.2, 0) is 217 Å². The number of esters is 16. The van der Waals surface area contributed by atoms with Gasteiger partial charge in [0.1, 0.15) is 73.6 Å². The number of carbonyl (C=O) groups excluding carboxylic acids is 16. The Labute approximate surface area is 709 Å². The van der Waals surface area contributed by atoms with Gasteiger partial charge < -0.3 is 114 Å². The largest absolute Gasteiger partial charge is 0.463 e. The van der Waals surface area contributed by atoms with Crippen LogP contribution in [0.15, 0.2) is 24.8 Å². The molecular formula is C73H96N12O40. The van der Waals surface area contributed by atoms with Crippen molar-refractivity contribution in [1.82, 2.24) is 60.0 Å². The minimum atomic E-state index is -1.68. The number of nitrogens with zero attached hydrogens (tertiary/aromatic N) is 12. The molecule has 4 fully saturated rings. The van der Waals surface area contributed by atoms with Crippen LogP contribution in [-0.4, -0.2) is 306 Å². The molecule has 4 aliphatic heterocycles. The maximum Gasteiger partial charge on any atom is 0.303 e. The van der Waals surface area contributed by atoms with Gasteiger partial charge in [-0.1, -0.05) is 20.9 Å². The molecule has 0 unspecified atom stereocenters. The van der Waals surface area contributed by atoms with Gasteiger partial charge >= 0.3 is 95.5 Å². The number of rotatable bonds is 40. The normalized spacial score (nSPS) is 25.9. The molecule has 0 radical (unpaired) electrons. The van der Waals surface area contributed by atoms with E-state index in [0.717, 1.165) is 130 Å². The lowest BCUT2D eigenvalue weighted by atomic mass is 9.92. The van der Waals surface area contributed by atoms with E-state index < -0.39 is 303 Å². The Morgan fingerprint density at radius 2 is 0.408 bits per heavy atom.